The van der Waals surface area contributed by atoms with Gasteiger partial charge >= 0.3 is 5.97 Å². The van der Waals surface area contributed by atoms with Crippen LogP contribution in [-0.4, -0.2) is 46.6 Å². The second kappa shape index (κ2) is 5.69. The van der Waals surface area contributed by atoms with E-state index in [2.05, 4.69) is 4.98 Å². The zero-order valence-corrected chi connectivity index (χ0v) is 10.7. The third-order valence-electron chi connectivity index (χ3n) is 3.24. The van der Waals surface area contributed by atoms with Crippen LogP contribution >= 0.6 is 0 Å². The van der Waals surface area contributed by atoms with E-state index in [4.69, 9.17) is 9.84 Å². The minimum atomic E-state index is -0.877. The first-order chi connectivity index (χ1) is 9.11. The molecule has 2 heterocycles. The summed E-state index contributed by atoms with van der Waals surface area (Å²) in [5, 5.41) is 8.85. The number of hydrogen-bond acceptors (Lipinski definition) is 4. The Hall–Kier alpha value is -2.11. The quantitative estimate of drug-likeness (QED) is 0.883. The first-order valence-corrected chi connectivity index (χ1v) is 6.14. The van der Waals surface area contributed by atoms with E-state index in [0.29, 0.717) is 18.0 Å². The van der Waals surface area contributed by atoms with Gasteiger partial charge in [-0.1, -0.05) is 0 Å². The molecule has 1 aromatic rings. The molecule has 0 unspecified atom stereocenters. The smallest absolute Gasteiger partial charge is 0.305 e. The van der Waals surface area contributed by atoms with E-state index < -0.39 is 5.97 Å². The molecule has 0 spiro atoms. The molecule has 0 aliphatic carbocycles. The van der Waals surface area contributed by atoms with E-state index in [1.165, 1.54) is 13.3 Å². The summed E-state index contributed by atoms with van der Waals surface area (Å²) in [6, 6.07) is 3.05. The molecule has 1 atom stereocenters. The monoisotopic (exact) mass is 264 g/mol. The van der Waals surface area contributed by atoms with Crippen molar-refractivity contribution in [2.45, 2.75) is 25.3 Å². The van der Waals surface area contributed by atoms with Gasteiger partial charge in [-0.3, -0.25) is 9.59 Å². The second-order valence-electron chi connectivity index (χ2n) is 4.48. The molecule has 0 radical (unpaired) electrons. The molecule has 1 aromatic heterocycles. The lowest BCUT2D eigenvalue weighted by Crippen LogP contribution is -2.36. The fourth-order valence-corrected chi connectivity index (χ4v) is 2.31. The van der Waals surface area contributed by atoms with Gasteiger partial charge in [0.15, 0.2) is 0 Å². The molecule has 1 N–H and O–H groups in total. The molecule has 6 heteroatoms. The standard InChI is InChI=1S/C13H16N2O4/c1-19-11-5-4-9(8-14-11)13(18)15-6-2-3-10(15)7-12(16)17/h4-5,8,10H,2-3,6-7H2,1H3,(H,16,17)/t10-/m0/s1. The molecule has 1 amide bonds. The average Bonchev–Trinajstić information content (AvgIpc) is 2.85. The van der Waals surface area contributed by atoms with Crippen LogP contribution in [0.1, 0.15) is 29.6 Å². The SMILES string of the molecule is COc1ccc(C(=O)N2CCC[C@H]2CC(=O)O)cn1. The van der Waals surface area contributed by atoms with Gasteiger partial charge in [0.25, 0.3) is 5.91 Å². The number of methoxy groups -OCH3 is 1. The van der Waals surface area contributed by atoms with Crippen LogP contribution in [0, 0.1) is 0 Å². The number of pyridine rings is 1. The molecular formula is C13H16N2O4. The normalized spacial score (nSPS) is 18.4. The number of rotatable bonds is 4. The third-order valence-corrected chi connectivity index (χ3v) is 3.24. The highest BCUT2D eigenvalue weighted by molar-refractivity contribution is 5.94. The summed E-state index contributed by atoms with van der Waals surface area (Å²) < 4.78 is 4.93. The van der Waals surface area contributed by atoms with Gasteiger partial charge in [0, 0.05) is 24.8 Å². The second-order valence-corrected chi connectivity index (χ2v) is 4.48. The van der Waals surface area contributed by atoms with Crippen molar-refractivity contribution in [2.75, 3.05) is 13.7 Å². The lowest BCUT2D eigenvalue weighted by Gasteiger charge is -2.23. The summed E-state index contributed by atoms with van der Waals surface area (Å²) >= 11 is 0. The molecule has 1 aliphatic rings. The van der Waals surface area contributed by atoms with Gasteiger partial charge in [0.2, 0.25) is 5.88 Å². The van der Waals surface area contributed by atoms with Crippen molar-refractivity contribution < 1.29 is 19.4 Å². The van der Waals surface area contributed by atoms with E-state index >= 15 is 0 Å². The van der Waals surface area contributed by atoms with Crippen LogP contribution in [0.15, 0.2) is 18.3 Å². The maximum atomic E-state index is 12.3. The Kier molecular flexibility index (Phi) is 3.99. The number of hydrogen-bond donors (Lipinski definition) is 1. The fraction of sp³-hybridized carbons (Fsp3) is 0.462. The van der Waals surface area contributed by atoms with E-state index in [1.54, 1.807) is 17.0 Å². The van der Waals surface area contributed by atoms with Crippen LogP contribution in [0.5, 0.6) is 5.88 Å². The third kappa shape index (κ3) is 3.01. The number of carbonyl (C=O) groups is 2. The van der Waals surface area contributed by atoms with Gasteiger partial charge in [0.1, 0.15) is 0 Å². The Morgan fingerprint density at radius 3 is 2.89 bits per heavy atom. The number of aromatic nitrogens is 1. The van der Waals surface area contributed by atoms with Crippen molar-refractivity contribution >= 4 is 11.9 Å². The summed E-state index contributed by atoms with van der Waals surface area (Å²) in [6.45, 7) is 0.600. The first-order valence-electron chi connectivity index (χ1n) is 6.14. The van der Waals surface area contributed by atoms with Gasteiger partial charge in [-0.25, -0.2) is 4.98 Å². The summed E-state index contributed by atoms with van der Waals surface area (Å²) in [5.74, 6) is -0.600. The molecule has 1 aliphatic heterocycles. The molecule has 2 rings (SSSR count). The maximum absolute atomic E-state index is 12.3. The molecule has 6 nitrogen and oxygen atoms in total. The van der Waals surface area contributed by atoms with Crippen molar-refractivity contribution in [3.63, 3.8) is 0 Å². The predicted octanol–water partition coefficient (Wildman–Crippen LogP) is 1.17. The molecule has 1 fully saturated rings. The largest absolute Gasteiger partial charge is 0.481 e. The topological polar surface area (TPSA) is 79.7 Å². The molecule has 19 heavy (non-hydrogen) atoms. The summed E-state index contributed by atoms with van der Waals surface area (Å²) in [6.07, 6.45) is 3.03. The number of ether oxygens (including phenoxy) is 1. The summed E-state index contributed by atoms with van der Waals surface area (Å²) in [7, 11) is 1.51. The van der Waals surface area contributed by atoms with E-state index in [0.717, 1.165) is 12.8 Å². The summed E-state index contributed by atoms with van der Waals surface area (Å²) in [5.41, 5.74) is 0.457. The van der Waals surface area contributed by atoms with Gasteiger partial charge in [-0.2, -0.15) is 0 Å². The lowest BCUT2D eigenvalue weighted by atomic mass is 10.1. The van der Waals surface area contributed by atoms with Crippen LogP contribution in [-0.2, 0) is 4.79 Å². The number of carboxylic acids is 1. The summed E-state index contributed by atoms with van der Waals surface area (Å²) in [4.78, 5) is 28.7. The van der Waals surface area contributed by atoms with Gasteiger partial charge in [-0.05, 0) is 18.9 Å². The van der Waals surface area contributed by atoms with E-state index in [-0.39, 0.29) is 18.4 Å². The highest BCUT2D eigenvalue weighted by Gasteiger charge is 2.30. The molecular weight excluding hydrogens is 248 g/mol. The number of nitrogens with zero attached hydrogens (tertiary/aromatic N) is 2. The highest BCUT2D eigenvalue weighted by Crippen LogP contribution is 2.22. The first kappa shape index (κ1) is 13.3. The number of amides is 1. The van der Waals surface area contributed by atoms with Crippen molar-refractivity contribution in [1.29, 1.82) is 0 Å². The van der Waals surface area contributed by atoms with Crippen molar-refractivity contribution in [3.8, 4) is 5.88 Å². The van der Waals surface area contributed by atoms with Crippen LogP contribution in [0.25, 0.3) is 0 Å². The van der Waals surface area contributed by atoms with Gasteiger partial charge < -0.3 is 14.7 Å². The predicted molar refractivity (Wildman–Crippen MR) is 67.1 cm³/mol. The van der Waals surface area contributed by atoms with Crippen LogP contribution in [0.3, 0.4) is 0 Å². The van der Waals surface area contributed by atoms with Crippen LogP contribution < -0.4 is 4.74 Å². The van der Waals surface area contributed by atoms with Crippen LogP contribution in [0.2, 0.25) is 0 Å². The number of carbonyl (C=O) groups excluding carboxylic acids is 1. The number of carboxylic acid groups (broad SMARTS) is 1. The van der Waals surface area contributed by atoms with Crippen LogP contribution in [0.4, 0.5) is 0 Å². The molecule has 1 saturated heterocycles. The zero-order chi connectivity index (χ0) is 13.8. The Labute approximate surface area is 111 Å². The Morgan fingerprint density at radius 1 is 1.53 bits per heavy atom. The van der Waals surface area contributed by atoms with Crippen molar-refractivity contribution in [2.24, 2.45) is 0 Å². The van der Waals surface area contributed by atoms with Crippen molar-refractivity contribution in [3.05, 3.63) is 23.9 Å². The molecule has 0 bridgehead atoms. The van der Waals surface area contributed by atoms with E-state index in [1.807, 2.05) is 0 Å². The van der Waals surface area contributed by atoms with Gasteiger partial charge in [-0.15, -0.1) is 0 Å². The van der Waals surface area contributed by atoms with E-state index in [9.17, 15) is 9.59 Å². The minimum absolute atomic E-state index is 0.00464. The average molecular weight is 264 g/mol. The molecule has 0 aromatic carbocycles. The Morgan fingerprint density at radius 2 is 2.32 bits per heavy atom. The van der Waals surface area contributed by atoms with Crippen molar-refractivity contribution in [1.82, 2.24) is 9.88 Å². The molecule has 0 saturated carbocycles. The van der Waals surface area contributed by atoms with Gasteiger partial charge in [0.05, 0.1) is 19.1 Å². The Bertz CT molecular complexity index is 472. The lowest BCUT2D eigenvalue weighted by molar-refractivity contribution is -0.137. The maximum Gasteiger partial charge on any atom is 0.305 e. The number of likely N-dealkylation sites (tertiary alicyclic amines) is 1. The minimum Gasteiger partial charge on any atom is -0.481 e. The molecule has 102 valence electrons. The zero-order valence-electron chi connectivity index (χ0n) is 10.7. The number of aliphatic carboxylic acids is 1. The fourth-order valence-electron chi connectivity index (χ4n) is 2.31. The highest BCUT2D eigenvalue weighted by atomic mass is 16.5. The Balaban J connectivity index is 2.11.